The van der Waals surface area contributed by atoms with E-state index in [1.807, 2.05) is 7.05 Å². The van der Waals surface area contributed by atoms with Crippen LogP contribution in [0.25, 0.3) is 0 Å². The fourth-order valence-corrected chi connectivity index (χ4v) is 3.46. The van der Waals surface area contributed by atoms with Gasteiger partial charge in [0, 0.05) is 11.1 Å². The molecule has 0 radical (unpaired) electrons. The lowest BCUT2D eigenvalue weighted by Gasteiger charge is -2.38. The topological polar surface area (TPSA) is 12.0 Å². The van der Waals surface area contributed by atoms with Gasteiger partial charge in [-0.25, -0.2) is 4.39 Å². The van der Waals surface area contributed by atoms with E-state index in [1.165, 1.54) is 31.7 Å². The summed E-state index contributed by atoms with van der Waals surface area (Å²) in [6, 6.07) is 5.02. The van der Waals surface area contributed by atoms with Crippen molar-refractivity contribution in [3.8, 4) is 0 Å². The lowest BCUT2D eigenvalue weighted by atomic mass is 9.70. The Kier molecular flexibility index (Phi) is 5.09. The summed E-state index contributed by atoms with van der Waals surface area (Å²) >= 11 is 6.19. The molecular formula is C17H25ClFN. The molecule has 1 aliphatic carbocycles. The summed E-state index contributed by atoms with van der Waals surface area (Å²) in [5.74, 6) is 0.455. The number of benzene rings is 1. The maximum absolute atomic E-state index is 13.4. The van der Waals surface area contributed by atoms with Gasteiger partial charge in [-0.05, 0) is 74.2 Å². The van der Waals surface area contributed by atoms with Crippen LogP contribution < -0.4 is 5.32 Å². The molecule has 1 unspecified atom stereocenters. The second-order valence-corrected chi connectivity index (χ2v) is 7.24. The van der Waals surface area contributed by atoms with Crippen molar-refractivity contribution in [1.82, 2.24) is 5.32 Å². The zero-order valence-corrected chi connectivity index (χ0v) is 13.4. The molecule has 1 N–H and O–H groups in total. The van der Waals surface area contributed by atoms with E-state index in [0.29, 0.717) is 22.4 Å². The zero-order valence-electron chi connectivity index (χ0n) is 12.7. The molecule has 0 aromatic heterocycles. The minimum Gasteiger partial charge on any atom is -0.316 e. The molecule has 0 bridgehead atoms. The van der Waals surface area contributed by atoms with Gasteiger partial charge in [-0.2, -0.15) is 0 Å². The van der Waals surface area contributed by atoms with Crippen LogP contribution >= 0.6 is 11.6 Å². The Hall–Kier alpha value is -0.600. The van der Waals surface area contributed by atoms with Crippen molar-refractivity contribution in [2.75, 3.05) is 7.05 Å². The first-order valence-corrected chi connectivity index (χ1v) is 7.90. The standard InChI is InChI=1S/C17H25ClFN/c1-17(2)8-6-12(7-9-17)16(20-3)11-13-10-14(19)4-5-15(13)18/h4-5,10,12,16,20H,6-9,11H2,1-3H3. The molecule has 3 heteroatoms. The fraction of sp³-hybridized carbons (Fsp3) is 0.647. The van der Waals surface area contributed by atoms with Crippen molar-refractivity contribution in [3.63, 3.8) is 0 Å². The Labute approximate surface area is 126 Å². The number of likely N-dealkylation sites (N-methyl/N-ethyl adjacent to an activating group) is 1. The smallest absolute Gasteiger partial charge is 0.123 e. The molecule has 0 aliphatic heterocycles. The first-order valence-electron chi connectivity index (χ1n) is 7.52. The fourth-order valence-electron chi connectivity index (χ4n) is 3.27. The maximum atomic E-state index is 13.4. The molecule has 1 aliphatic rings. The number of rotatable bonds is 4. The Balaban J connectivity index is 2.04. The van der Waals surface area contributed by atoms with E-state index in [0.717, 1.165) is 12.0 Å². The molecular weight excluding hydrogens is 273 g/mol. The van der Waals surface area contributed by atoms with Crippen LogP contribution in [0.2, 0.25) is 5.02 Å². The van der Waals surface area contributed by atoms with E-state index in [4.69, 9.17) is 11.6 Å². The summed E-state index contributed by atoms with van der Waals surface area (Å²) in [6.07, 6.45) is 5.83. The van der Waals surface area contributed by atoms with E-state index in [2.05, 4.69) is 19.2 Å². The molecule has 2 rings (SSSR count). The predicted molar refractivity (Wildman–Crippen MR) is 83.7 cm³/mol. The van der Waals surface area contributed by atoms with E-state index >= 15 is 0 Å². The van der Waals surface area contributed by atoms with Gasteiger partial charge in [0.25, 0.3) is 0 Å². The Bertz CT molecular complexity index is 448. The molecule has 1 fully saturated rings. The van der Waals surface area contributed by atoms with Crippen LogP contribution in [0.4, 0.5) is 4.39 Å². The largest absolute Gasteiger partial charge is 0.316 e. The highest BCUT2D eigenvalue weighted by molar-refractivity contribution is 6.31. The summed E-state index contributed by atoms with van der Waals surface area (Å²) in [7, 11) is 2.00. The van der Waals surface area contributed by atoms with Crippen molar-refractivity contribution >= 4 is 11.6 Å². The SMILES string of the molecule is CNC(Cc1cc(F)ccc1Cl)C1CCC(C)(C)CC1. The third-order valence-electron chi connectivity index (χ3n) is 4.77. The Morgan fingerprint density at radius 1 is 1.35 bits per heavy atom. The first kappa shape index (κ1) is 15.8. The van der Waals surface area contributed by atoms with Crippen LogP contribution in [0.15, 0.2) is 18.2 Å². The summed E-state index contributed by atoms with van der Waals surface area (Å²) < 4.78 is 13.4. The van der Waals surface area contributed by atoms with Gasteiger partial charge in [0.2, 0.25) is 0 Å². The second kappa shape index (κ2) is 6.44. The first-order chi connectivity index (χ1) is 9.41. The summed E-state index contributed by atoms with van der Waals surface area (Å²) in [6.45, 7) is 4.70. The lowest BCUT2D eigenvalue weighted by Crippen LogP contribution is -2.39. The monoisotopic (exact) mass is 297 g/mol. The minimum atomic E-state index is -0.205. The van der Waals surface area contributed by atoms with Crippen molar-refractivity contribution in [1.29, 1.82) is 0 Å². The van der Waals surface area contributed by atoms with Crippen LogP contribution in [0.5, 0.6) is 0 Å². The normalized spacial score (nSPS) is 20.9. The van der Waals surface area contributed by atoms with Gasteiger partial charge in [0.05, 0.1) is 0 Å². The van der Waals surface area contributed by atoms with Crippen LogP contribution in [-0.2, 0) is 6.42 Å². The van der Waals surface area contributed by atoms with Gasteiger partial charge in [-0.1, -0.05) is 25.4 Å². The van der Waals surface area contributed by atoms with Crippen molar-refractivity contribution in [2.24, 2.45) is 11.3 Å². The molecule has 0 amide bonds. The average Bonchev–Trinajstić information content (AvgIpc) is 2.40. The molecule has 1 aromatic carbocycles. The van der Waals surface area contributed by atoms with Crippen molar-refractivity contribution in [2.45, 2.75) is 52.0 Å². The van der Waals surface area contributed by atoms with E-state index in [-0.39, 0.29) is 5.82 Å². The molecule has 1 saturated carbocycles. The summed E-state index contributed by atoms with van der Waals surface area (Å²) in [4.78, 5) is 0. The van der Waals surface area contributed by atoms with E-state index in [1.54, 1.807) is 12.1 Å². The Morgan fingerprint density at radius 3 is 2.60 bits per heavy atom. The van der Waals surface area contributed by atoms with E-state index < -0.39 is 0 Å². The van der Waals surface area contributed by atoms with Gasteiger partial charge in [-0.3, -0.25) is 0 Å². The molecule has 0 saturated heterocycles. The molecule has 1 atom stereocenters. The lowest BCUT2D eigenvalue weighted by molar-refractivity contribution is 0.163. The molecule has 112 valence electrons. The third kappa shape index (κ3) is 3.95. The van der Waals surface area contributed by atoms with E-state index in [9.17, 15) is 4.39 Å². The van der Waals surface area contributed by atoms with Crippen LogP contribution in [0.3, 0.4) is 0 Å². The van der Waals surface area contributed by atoms with Crippen molar-refractivity contribution < 1.29 is 4.39 Å². The second-order valence-electron chi connectivity index (χ2n) is 6.84. The number of hydrogen-bond acceptors (Lipinski definition) is 1. The van der Waals surface area contributed by atoms with Gasteiger partial charge in [0.15, 0.2) is 0 Å². The highest BCUT2D eigenvalue weighted by atomic mass is 35.5. The number of hydrogen-bond donors (Lipinski definition) is 1. The Morgan fingerprint density at radius 2 is 2.00 bits per heavy atom. The zero-order chi connectivity index (χ0) is 14.8. The molecule has 0 heterocycles. The average molecular weight is 298 g/mol. The molecule has 20 heavy (non-hydrogen) atoms. The maximum Gasteiger partial charge on any atom is 0.123 e. The predicted octanol–water partition coefficient (Wildman–Crippen LogP) is 4.83. The van der Waals surface area contributed by atoms with Gasteiger partial charge in [0.1, 0.15) is 5.82 Å². The minimum absolute atomic E-state index is 0.205. The number of nitrogens with one attached hydrogen (secondary N) is 1. The van der Waals surface area contributed by atoms with Crippen LogP contribution in [0.1, 0.15) is 45.1 Å². The summed E-state index contributed by atoms with van der Waals surface area (Å²) in [5, 5.41) is 4.08. The van der Waals surface area contributed by atoms with Crippen LogP contribution in [0, 0.1) is 17.2 Å². The highest BCUT2D eigenvalue weighted by Crippen LogP contribution is 2.39. The van der Waals surface area contributed by atoms with Crippen LogP contribution in [-0.4, -0.2) is 13.1 Å². The molecule has 0 spiro atoms. The molecule has 1 aromatic rings. The van der Waals surface area contributed by atoms with Gasteiger partial charge < -0.3 is 5.32 Å². The summed E-state index contributed by atoms with van der Waals surface area (Å²) in [5.41, 5.74) is 1.39. The molecule has 1 nitrogen and oxygen atoms in total. The van der Waals surface area contributed by atoms with Gasteiger partial charge in [-0.15, -0.1) is 0 Å². The quantitative estimate of drug-likeness (QED) is 0.839. The number of halogens is 2. The third-order valence-corrected chi connectivity index (χ3v) is 5.14. The van der Waals surface area contributed by atoms with Crippen molar-refractivity contribution in [3.05, 3.63) is 34.6 Å². The van der Waals surface area contributed by atoms with Gasteiger partial charge >= 0.3 is 0 Å². The highest BCUT2D eigenvalue weighted by Gasteiger charge is 2.31.